The third-order valence-corrected chi connectivity index (χ3v) is 8.00. The molecule has 6 nitrogen and oxygen atoms in total. The van der Waals surface area contributed by atoms with Crippen molar-refractivity contribution in [3.05, 3.63) is 89.2 Å². The number of rotatable bonds is 11. The first-order valence-electron chi connectivity index (χ1n) is 10.3. The van der Waals surface area contributed by atoms with Gasteiger partial charge in [0.15, 0.2) is 0 Å². The number of hydrogen-bond donors (Lipinski definition) is 1. The lowest BCUT2D eigenvalue weighted by Gasteiger charge is -2.24. The number of amides is 1. The largest absolute Gasteiger partial charge is 0.497 e. The fourth-order valence-electron chi connectivity index (χ4n) is 3.04. The van der Waals surface area contributed by atoms with E-state index < -0.39 is 28.3 Å². The minimum atomic E-state index is -4.12. The van der Waals surface area contributed by atoms with Crippen molar-refractivity contribution in [1.82, 2.24) is 5.32 Å². The predicted molar refractivity (Wildman–Crippen MR) is 135 cm³/mol. The Morgan fingerprint density at radius 1 is 1.06 bits per heavy atom. The monoisotopic (exact) mass is 522 g/mol. The number of sulfonamides is 1. The summed E-state index contributed by atoms with van der Waals surface area (Å²) in [4.78, 5) is 12.5. The third kappa shape index (κ3) is 6.88. The molecule has 180 valence electrons. The van der Waals surface area contributed by atoms with Gasteiger partial charge in [-0.25, -0.2) is 12.8 Å². The van der Waals surface area contributed by atoms with Crippen molar-refractivity contribution in [2.45, 2.75) is 10.6 Å². The predicted octanol–water partition coefficient (Wildman–Crippen LogP) is 4.73. The fraction of sp³-hybridized carbons (Fsp3) is 0.208. The summed E-state index contributed by atoms with van der Waals surface area (Å²) in [5.41, 5.74) is 1.30. The number of carbonyl (C=O) groups is 1. The summed E-state index contributed by atoms with van der Waals surface area (Å²) in [6.45, 7) is -0.0672. The number of benzene rings is 3. The molecule has 34 heavy (non-hydrogen) atoms. The third-order valence-electron chi connectivity index (χ3n) is 4.83. The van der Waals surface area contributed by atoms with Crippen LogP contribution < -0.4 is 14.4 Å². The van der Waals surface area contributed by atoms with Gasteiger partial charge in [0.05, 0.1) is 17.7 Å². The number of nitrogens with zero attached hydrogens (tertiary/aromatic N) is 1. The molecule has 0 saturated carbocycles. The first-order chi connectivity index (χ1) is 16.3. The summed E-state index contributed by atoms with van der Waals surface area (Å²) in [7, 11) is -2.62. The van der Waals surface area contributed by atoms with E-state index in [4.69, 9.17) is 16.3 Å². The minimum absolute atomic E-state index is 0.118. The van der Waals surface area contributed by atoms with Gasteiger partial charge in [0, 0.05) is 23.1 Å². The first kappa shape index (κ1) is 25.9. The van der Waals surface area contributed by atoms with Gasteiger partial charge in [0.1, 0.15) is 18.1 Å². The number of thioether (sulfide) groups is 1. The second-order valence-electron chi connectivity index (χ2n) is 7.16. The second kappa shape index (κ2) is 12.1. The van der Waals surface area contributed by atoms with Crippen LogP contribution in [0.5, 0.6) is 5.75 Å². The highest BCUT2D eigenvalue weighted by Gasteiger charge is 2.27. The number of anilines is 1. The summed E-state index contributed by atoms with van der Waals surface area (Å²) in [5.74, 6) is 0.862. The van der Waals surface area contributed by atoms with E-state index in [9.17, 15) is 17.6 Å². The Morgan fingerprint density at radius 2 is 1.74 bits per heavy atom. The quantitative estimate of drug-likeness (QED) is 0.368. The lowest BCUT2D eigenvalue weighted by atomic mass is 10.2. The zero-order chi connectivity index (χ0) is 24.6. The molecule has 0 saturated heterocycles. The SMILES string of the molecule is COc1ccc(N(CC(=O)NCCSCc2ccccc2Cl)S(=O)(=O)c2ccc(F)cc2)cc1. The average molecular weight is 523 g/mol. The topological polar surface area (TPSA) is 75.7 Å². The number of nitrogens with one attached hydrogen (secondary N) is 1. The van der Waals surface area contributed by atoms with Crippen LogP contribution in [0, 0.1) is 5.82 Å². The average Bonchev–Trinajstić information content (AvgIpc) is 2.83. The number of halogens is 2. The molecule has 0 radical (unpaired) electrons. The summed E-state index contributed by atoms with van der Waals surface area (Å²) < 4.78 is 46.0. The van der Waals surface area contributed by atoms with Crippen molar-refractivity contribution < 1.29 is 22.3 Å². The Bertz CT molecular complexity index is 1210. The van der Waals surface area contributed by atoms with Crippen molar-refractivity contribution >= 4 is 45.0 Å². The molecular weight excluding hydrogens is 499 g/mol. The van der Waals surface area contributed by atoms with Crippen LogP contribution in [0.3, 0.4) is 0 Å². The zero-order valence-corrected chi connectivity index (χ0v) is 20.8. The van der Waals surface area contributed by atoms with Gasteiger partial charge in [-0.15, -0.1) is 0 Å². The van der Waals surface area contributed by atoms with Crippen LogP contribution in [-0.4, -0.2) is 40.3 Å². The normalized spacial score (nSPS) is 11.1. The van der Waals surface area contributed by atoms with Crippen molar-refractivity contribution in [3.63, 3.8) is 0 Å². The standard InChI is InChI=1S/C24H24ClFN2O4S2/c1-32-21-10-8-20(9-11-21)28(34(30,31)22-12-6-19(26)7-13-22)16-24(29)27-14-15-33-17-18-4-2-3-5-23(18)25/h2-13H,14-17H2,1H3,(H,27,29). The van der Waals surface area contributed by atoms with Crippen molar-refractivity contribution in [1.29, 1.82) is 0 Å². The highest BCUT2D eigenvalue weighted by Crippen LogP contribution is 2.26. The summed E-state index contributed by atoms with van der Waals surface area (Å²) in [6.07, 6.45) is 0. The van der Waals surface area contributed by atoms with Crippen LogP contribution in [0.25, 0.3) is 0 Å². The molecule has 0 aliphatic rings. The van der Waals surface area contributed by atoms with Gasteiger partial charge >= 0.3 is 0 Å². The lowest BCUT2D eigenvalue weighted by molar-refractivity contribution is -0.119. The van der Waals surface area contributed by atoms with Crippen LogP contribution in [0.15, 0.2) is 77.7 Å². The van der Waals surface area contributed by atoms with E-state index in [1.54, 1.807) is 36.0 Å². The van der Waals surface area contributed by atoms with Crippen LogP contribution in [-0.2, 0) is 20.6 Å². The van der Waals surface area contributed by atoms with Crippen LogP contribution in [0.4, 0.5) is 10.1 Å². The maximum atomic E-state index is 13.3. The molecule has 0 bridgehead atoms. The Kier molecular flexibility index (Phi) is 9.20. The molecule has 0 atom stereocenters. The smallest absolute Gasteiger partial charge is 0.264 e. The number of carbonyl (C=O) groups excluding carboxylic acids is 1. The Balaban J connectivity index is 1.66. The van der Waals surface area contributed by atoms with Crippen molar-refractivity contribution in [2.75, 3.05) is 30.3 Å². The molecule has 10 heteroatoms. The Labute approximate surface area is 208 Å². The molecule has 1 N–H and O–H groups in total. The highest BCUT2D eigenvalue weighted by atomic mass is 35.5. The fourth-order valence-corrected chi connectivity index (χ4v) is 5.61. The van der Waals surface area contributed by atoms with E-state index in [1.807, 2.05) is 24.3 Å². The zero-order valence-electron chi connectivity index (χ0n) is 18.4. The van der Waals surface area contributed by atoms with Crippen molar-refractivity contribution in [2.24, 2.45) is 0 Å². The van der Waals surface area contributed by atoms with Crippen LogP contribution >= 0.6 is 23.4 Å². The van der Waals surface area contributed by atoms with Gasteiger partial charge < -0.3 is 10.1 Å². The molecule has 0 spiro atoms. The second-order valence-corrected chi connectivity index (χ2v) is 10.5. The molecule has 0 aliphatic heterocycles. The van der Waals surface area contributed by atoms with Gasteiger partial charge in [-0.05, 0) is 60.2 Å². The molecule has 3 rings (SSSR count). The van der Waals surface area contributed by atoms with E-state index in [2.05, 4.69) is 5.32 Å². The first-order valence-corrected chi connectivity index (χ1v) is 13.3. The molecule has 0 heterocycles. The Hall–Kier alpha value is -2.75. The molecule has 0 unspecified atom stereocenters. The highest BCUT2D eigenvalue weighted by molar-refractivity contribution is 7.98. The van der Waals surface area contributed by atoms with Gasteiger partial charge in [0.25, 0.3) is 10.0 Å². The van der Waals surface area contributed by atoms with Crippen LogP contribution in [0.1, 0.15) is 5.56 Å². The molecule has 3 aromatic rings. The van der Waals surface area contributed by atoms with E-state index in [1.165, 1.54) is 19.2 Å². The summed E-state index contributed by atoms with van der Waals surface area (Å²) in [5, 5.41) is 3.45. The number of hydrogen-bond acceptors (Lipinski definition) is 5. The molecule has 0 aromatic heterocycles. The number of methoxy groups -OCH3 is 1. The maximum absolute atomic E-state index is 13.3. The number of ether oxygens (including phenoxy) is 1. The molecular formula is C24H24ClFN2O4S2. The van der Waals surface area contributed by atoms with Gasteiger partial charge in [0.2, 0.25) is 5.91 Å². The molecule has 0 fully saturated rings. The van der Waals surface area contributed by atoms with E-state index in [-0.39, 0.29) is 10.6 Å². The van der Waals surface area contributed by atoms with E-state index in [0.717, 1.165) is 22.0 Å². The summed E-state index contributed by atoms with van der Waals surface area (Å²) >= 11 is 7.75. The minimum Gasteiger partial charge on any atom is -0.497 e. The van der Waals surface area contributed by atoms with Gasteiger partial charge in [-0.3, -0.25) is 9.10 Å². The molecule has 0 aliphatic carbocycles. The summed E-state index contributed by atoms with van der Waals surface area (Å²) in [6, 6.07) is 18.3. The van der Waals surface area contributed by atoms with E-state index in [0.29, 0.717) is 28.8 Å². The van der Waals surface area contributed by atoms with Gasteiger partial charge in [-0.2, -0.15) is 11.8 Å². The lowest BCUT2D eigenvalue weighted by Crippen LogP contribution is -2.41. The molecule has 1 amide bonds. The Morgan fingerprint density at radius 3 is 2.38 bits per heavy atom. The maximum Gasteiger partial charge on any atom is 0.264 e. The van der Waals surface area contributed by atoms with Gasteiger partial charge in [-0.1, -0.05) is 29.8 Å². The van der Waals surface area contributed by atoms with Crippen molar-refractivity contribution in [3.8, 4) is 5.75 Å². The van der Waals surface area contributed by atoms with Crippen LogP contribution in [0.2, 0.25) is 5.02 Å². The molecule has 3 aromatic carbocycles. The van der Waals surface area contributed by atoms with E-state index >= 15 is 0 Å².